The number of nitrogens with zero attached hydrogens (tertiary/aromatic N) is 3. The molecule has 0 aliphatic rings. The molecule has 0 aliphatic heterocycles. The van der Waals surface area contributed by atoms with Crippen LogP contribution in [-0.4, -0.2) is 26.5 Å². The SMILES string of the molecule is CCC(N)(C#N)CCCSc1ncn[nH]1. The van der Waals surface area contributed by atoms with Crippen LogP contribution in [0.3, 0.4) is 0 Å². The van der Waals surface area contributed by atoms with Crippen LogP contribution >= 0.6 is 11.8 Å². The Hall–Kier alpha value is -1.06. The average molecular weight is 225 g/mol. The first-order chi connectivity index (χ1) is 7.20. The van der Waals surface area contributed by atoms with Crippen molar-refractivity contribution in [3.05, 3.63) is 6.33 Å². The number of nitrogens with two attached hydrogens (primary N) is 1. The van der Waals surface area contributed by atoms with Crippen LogP contribution in [0.1, 0.15) is 26.2 Å². The van der Waals surface area contributed by atoms with Gasteiger partial charge in [-0.3, -0.25) is 5.10 Å². The van der Waals surface area contributed by atoms with E-state index in [0.717, 1.165) is 23.8 Å². The molecule has 0 spiro atoms. The minimum Gasteiger partial charge on any atom is -0.313 e. The second-order valence-electron chi connectivity index (χ2n) is 3.36. The van der Waals surface area contributed by atoms with Crippen molar-refractivity contribution in [1.29, 1.82) is 5.26 Å². The molecule has 1 atom stereocenters. The zero-order valence-corrected chi connectivity index (χ0v) is 9.55. The number of aromatic amines is 1. The van der Waals surface area contributed by atoms with Crippen LogP contribution < -0.4 is 5.73 Å². The number of nitriles is 1. The fourth-order valence-electron chi connectivity index (χ4n) is 1.13. The molecular weight excluding hydrogens is 210 g/mol. The highest BCUT2D eigenvalue weighted by atomic mass is 32.2. The van der Waals surface area contributed by atoms with E-state index in [1.165, 1.54) is 6.33 Å². The first-order valence-corrected chi connectivity index (χ1v) is 5.87. The third kappa shape index (κ3) is 3.90. The van der Waals surface area contributed by atoms with Crippen molar-refractivity contribution in [3.8, 4) is 6.07 Å². The third-order valence-electron chi connectivity index (χ3n) is 2.25. The Balaban J connectivity index is 2.20. The number of hydrogen-bond donors (Lipinski definition) is 2. The maximum Gasteiger partial charge on any atom is 0.183 e. The molecule has 15 heavy (non-hydrogen) atoms. The second-order valence-corrected chi connectivity index (χ2v) is 4.45. The van der Waals surface area contributed by atoms with E-state index in [0.29, 0.717) is 6.42 Å². The Morgan fingerprint density at radius 1 is 1.73 bits per heavy atom. The predicted molar refractivity (Wildman–Crippen MR) is 59.2 cm³/mol. The Bertz CT molecular complexity index is 318. The van der Waals surface area contributed by atoms with Crippen molar-refractivity contribution >= 4 is 11.8 Å². The molecule has 0 amide bonds. The van der Waals surface area contributed by atoms with Crippen LogP contribution in [0.2, 0.25) is 0 Å². The summed E-state index contributed by atoms with van der Waals surface area (Å²) in [5, 5.41) is 16.2. The molecule has 0 radical (unpaired) electrons. The van der Waals surface area contributed by atoms with E-state index in [1.54, 1.807) is 11.8 Å². The number of rotatable bonds is 6. The Morgan fingerprint density at radius 2 is 2.53 bits per heavy atom. The van der Waals surface area contributed by atoms with Gasteiger partial charge in [0.1, 0.15) is 11.9 Å². The van der Waals surface area contributed by atoms with Gasteiger partial charge in [0.15, 0.2) is 5.16 Å². The Morgan fingerprint density at radius 3 is 3.07 bits per heavy atom. The zero-order chi connectivity index (χ0) is 11.1. The maximum atomic E-state index is 8.86. The quantitative estimate of drug-likeness (QED) is 0.562. The lowest BCUT2D eigenvalue weighted by Crippen LogP contribution is -2.37. The van der Waals surface area contributed by atoms with Gasteiger partial charge in [-0.1, -0.05) is 18.7 Å². The number of aromatic nitrogens is 3. The van der Waals surface area contributed by atoms with E-state index in [2.05, 4.69) is 21.3 Å². The molecule has 0 fully saturated rings. The van der Waals surface area contributed by atoms with Crippen LogP contribution in [0.25, 0.3) is 0 Å². The molecule has 6 heteroatoms. The van der Waals surface area contributed by atoms with E-state index in [4.69, 9.17) is 11.0 Å². The molecule has 0 aliphatic carbocycles. The number of nitrogens with one attached hydrogen (secondary N) is 1. The van der Waals surface area contributed by atoms with Gasteiger partial charge in [0, 0.05) is 5.75 Å². The summed E-state index contributed by atoms with van der Waals surface area (Å²) in [6, 6.07) is 2.15. The molecule has 1 rings (SSSR count). The van der Waals surface area contributed by atoms with Gasteiger partial charge in [0.25, 0.3) is 0 Å². The lowest BCUT2D eigenvalue weighted by Gasteiger charge is -2.18. The van der Waals surface area contributed by atoms with Crippen LogP contribution in [0.5, 0.6) is 0 Å². The molecule has 3 N–H and O–H groups in total. The lowest BCUT2D eigenvalue weighted by atomic mass is 9.94. The first-order valence-electron chi connectivity index (χ1n) is 4.88. The highest BCUT2D eigenvalue weighted by molar-refractivity contribution is 7.99. The highest BCUT2D eigenvalue weighted by Crippen LogP contribution is 2.18. The molecular formula is C9H15N5S. The minimum atomic E-state index is -0.665. The summed E-state index contributed by atoms with van der Waals surface area (Å²) in [4.78, 5) is 3.99. The Labute approximate surface area is 93.5 Å². The summed E-state index contributed by atoms with van der Waals surface area (Å²) in [7, 11) is 0. The lowest BCUT2D eigenvalue weighted by molar-refractivity contribution is 0.478. The van der Waals surface area contributed by atoms with E-state index >= 15 is 0 Å². The van der Waals surface area contributed by atoms with Gasteiger partial charge < -0.3 is 5.73 Å². The fraction of sp³-hybridized carbons (Fsp3) is 0.667. The van der Waals surface area contributed by atoms with Crippen LogP contribution in [0, 0.1) is 11.3 Å². The normalized spacial score (nSPS) is 14.5. The van der Waals surface area contributed by atoms with Crippen molar-refractivity contribution in [2.24, 2.45) is 5.73 Å². The molecule has 1 unspecified atom stereocenters. The first kappa shape index (κ1) is 12.0. The van der Waals surface area contributed by atoms with E-state index in [1.807, 2.05) is 6.92 Å². The second kappa shape index (κ2) is 5.73. The number of thioether (sulfide) groups is 1. The smallest absolute Gasteiger partial charge is 0.183 e. The third-order valence-corrected chi connectivity index (χ3v) is 3.22. The summed E-state index contributed by atoms with van der Waals surface area (Å²) in [6.45, 7) is 1.94. The fourth-order valence-corrected chi connectivity index (χ4v) is 1.85. The average Bonchev–Trinajstić information content (AvgIpc) is 2.77. The number of hydrogen-bond acceptors (Lipinski definition) is 5. The van der Waals surface area contributed by atoms with Crippen molar-refractivity contribution in [1.82, 2.24) is 15.2 Å². The van der Waals surface area contributed by atoms with Crippen molar-refractivity contribution in [2.45, 2.75) is 36.9 Å². The van der Waals surface area contributed by atoms with Gasteiger partial charge >= 0.3 is 0 Å². The standard InChI is InChI=1S/C9H15N5S/c1-2-9(11,6-10)4-3-5-15-8-12-7-13-14-8/h7H,2-5,11H2,1H3,(H,12,13,14). The van der Waals surface area contributed by atoms with E-state index in [9.17, 15) is 0 Å². The van der Waals surface area contributed by atoms with Crippen molar-refractivity contribution in [2.75, 3.05) is 5.75 Å². The molecule has 1 heterocycles. The van der Waals surface area contributed by atoms with E-state index in [-0.39, 0.29) is 0 Å². The Kier molecular flexibility index (Phi) is 4.59. The largest absolute Gasteiger partial charge is 0.313 e. The van der Waals surface area contributed by atoms with Gasteiger partial charge in [0.05, 0.1) is 6.07 Å². The van der Waals surface area contributed by atoms with Gasteiger partial charge in [0.2, 0.25) is 0 Å². The molecule has 0 bridgehead atoms. The minimum absolute atomic E-state index is 0.665. The molecule has 82 valence electrons. The van der Waals surface area contributed by atoms with Gasteiger partial charge in [-0.2, -0.15) is 10.4 Å². The van der Waals surface area contributed by atoms with Gasteiger partial charge in [-0.25, -0.2) is 4.98 Å². The molecule has 0 saturated heterocycles. The topological polar surface area (TPSA) is 91.4 Å². The monoisotopic (exact) mass is 225 g/mol. The maximum absolute atomic E-state index is 8.86. The van der Waals surface area contributed by atoms with Crippen LogP contribution in [0.15, 0.2) is 11.5 Å². The summed E-state index contributed by atoms with van der Waals surface area (Å²) in [6.07, 6.45) is 3.80. The molecule has 1 aromatic heterocycles. The van der Waals surface area contributed by atoms with E-state index < -0.39 is 5.54 Å². The van der Waals surface area contributed by atoms with Crippen molar-refractivity contribution < 1.29 is 0 Å². The van der Waals surface area contributed by atoms with Crippen LogP contribution in [0.4, 0.5) is 0 Å². The number of H-pyrrole nitrogens is 1. The van der Waals surface area contributed by atoms with Crippen LogP contribution in [-0.2, 0) is 0 Å². The molecule has 1 aromatic rings. The summed E-state index contributed by atoms with van der Waals surface area (Å²) >= 11 is 1.59. The molecule has 0 saturated carbocycles. The van der Waals surface area contributed by atoms with Crippen molar-refractivity contribution in [3.63, 3.8) is 0 Å². The summed E-state index contributed by atoms with van der Waals surface area (Å²) in [5.41, 5.74) is 5.19. The highest BCUT2D eigenvalue weighted by Gasteiger charge is 2.20. The van der Waals surface area contributed by atoms with Gasteiger partial charge in [-0.05, 0) is 19.3 Å². The van der Waals surface area contributed by atoms with Gasteiger partial charge in [-0.15, -0.1) is 0 Å². The molecule has 5 nitrogen and oxygen atoms in total. The predicted octanol–water partition coefficient (Wildman–Crippen LogP) is 1.31. The zero-order valence-electron chi connectivity index (χ0n) is 8.73. The molecule has 0 aromatic carbocycles. The summed E-state index contributed by atoms with van der Waals surface area (Å²) in [5.74, 6) is 0.899. The summed E-state index contributed by atoms with van der Waals surface area (Å²) < 4.78 is 0.